The summed E-state index contributed by atoms with van der Waals surface area (Å²) in [6.45, 7) is 2.25. The standard InChI is InChI=1S/C17H20N2OS2/c20-17(18-13-14-5-2-1-3-6-14)19-9-8-16(22-12-10-19)15-7-4-11-21-15/h1-7,11,16H,8-10,12-13H2,(H,18,20). The molecule has 1 atom stereocenters. The molecule has 1 N–H and O–H groups in total. The number of thioether (sulfide) groups is 1. The summed E-state index contributed by atoms with van der Waals surface area (Å²) in [5, 5.41) is 5.69. The molecule has 116 valence electrons. The summed E-state index contributed by atoms with van der Waals surface area (Å²) in [5.74, 6) is 1.00. The molecule has 2 heterocycles. The van der Waals surface area contributed by atoms with Crippen LogP contribution in [0.4, 0.5) is 4.79 Å². The van der Waals surface area contributed by atoms with Gasteiger partial charge < -0.3 is 10.2 Å². The van der Waals surface area contributed by atoms with Gasteiger partial charge in [-0.1, -0.05) is 36.4 Å². The van der Waals surface area contributed by atoms with Gasteiger partial charge in [0, 0.05) is 35.5 Å². The highest BCUT2D eigenvalue weighted by molar-refractivity contribution is 7.99. The van der Waals surface area contributed by atoms with Gasteiger partial charge in [0.25, 0.3) is 0 Å². The molecule has 1 aromatic heterocycles. The lowest BCUT2D eigenvalue weighted by molar-refractivity contribution is 0.200. The SMILES string of the molecule is O=C(NCc1ccccc1)N1CCSC(c2cccs2)CC1. The number of nitrogens with one attached hydrogen (secondary N) is 1. The number of hydrogen-bond acceptors (Lipinski definition) is 3. The molecule has 2 amide bonds. The molecule has 1 aliphatic rings. The zero-order chi connectivity index (χ0) is 15.2. The topological polar surface area (TPSA) is 32.3 Å². The molecule has 3 nitrogen and oxygen atoms in total. The van der Waals surface area contributed by atoms with Gasteiger partial charge in [-0.05, 0) is 23.4 Å². The molecular formula is C17H20N2OS2. The largest absolute Gasteiger partial charge is 0.334 e. The van der Waals surface area contributed by atoms with Crippen LogP contribution in [-0.4, -0.2) is 29.8 Å². The van der Waals surface area contributed by atoms with Gasteiger partial charge in [-0.25, -0.2) is 4.79 Å². The Morgan fingerprint density at radius 1 is 1.18 bits per heavy atom. The molecule has 3 rings (SSSR count). The number of carbonyl (C=O) groups excluding carboxylic acids is 1. The highest BCUT2D eigenvalue weighted by Gasteiger charge is 2.22. The van der Waals surface area contributed by atoms with E-state index in [2.05, 4.69) is 22.8 Å². The molecule has 1 unspecified atom stereocenters. The minimum absolute atomic E-state index is 0.0521. The summed E-state index contributed by atoms with van der Waals surface area (Å²) in [7, 11) is 0. The minimum Gasteiger partial charge on any atom is -0.334 e. The van der Waals surface area contributed by atoms with Crippen LogP contribution in [0.25, 0.3) is 0 Å². The van der Waals surface area contributed by atoms with Crippen molar-refractivity contribution in [3.05, 3.63) is 58.3 Å². The lowest BCUT2D eigenvalue weighted by atomic mass is 10.2. The summed E-state index contributed by atoms with van der Waals surface area (Å²) in [5.41, 5.74) is 1.14. The number of urea groups is 1. The van der Waals surface area contributed by atoms with Crippen LogP contribution >= 0.6 is 23.1 Å². The Kier molecular flexibility index (Phi) is 5.40. The fourth-order valence-electron chi connectivity index (χ4n) is 2.56. The fourth-order valence-corrected chi connectivity index (χ4v) is 4.80. The quantitative estimate of drug-likeness (QED) is 0.916. The molecule has 1 fully saturated rings. The third-order valence-corrected chi connectivity index (χ3v) is 6.22. The normalized spacial score (nSPS) is 18.7. The zero-order valence-corrected chi connectivity index (χ0v) is 14.0. The molecule has 1 aliphatic heterocycles. The van der Waals surface area contributed by atoms with Crippen molar-refractivity contribution >= 4 is 29.1 Å². The number of carbonyl (C=O) groups is 1. The lowest BCUT2D eigenvalue weighted by Crippen LogP contribution is -2.40. The van der Waals surface area contributed by atoms with Crippen molar-refractivity contribution in [1.29, 1.82) is 0 Å². The Bertz CT molecular complexity index is 586. The monoisotopic (exact) mass is 332 g/mol. The van der Waals surface area contributed by atoms with Gasteiger partial charge in [-0.2, -0.15) is 11.8 Å². The third kappa shape index (κ3) is 4.05. The van der Waals surface area contributed by atoms with E-state index in [1.807, 2.05) is 58.3 Å². The van der Waals surface area contributed by atoms with E-state index in [0.29, 0.717) is 11.8 Å². The predicted molar refractivity (Wildman–Crippen MR) is 94.4 cm³/mol. The van der Waals surface area contributed by atoms with Gasteiger partial charge >= 0.3 is 6.03 Å². The first-order chi connectivity index (χ1) is 10.8. The minimum atomic E-state index is 0.0521. The first-order valence-electron chi connectivity index (χ1n) is 7.54. The van der Waals surface area contributed by atoms with Crippen LogP contribution in [0.5, 0.6) is 0 Å². The molecule has 2 aromatic rings. The summed E-state index contributed by atoms with van der Waals surface area (Å²) in [4.78, 5) is 15.7. The van der Waals surface area contributed by atoms with Crippen LogP contribution in [0.1, 0.15) is 22.1 Å². The van der Waals surface area contributed by atoms with E-state index in [-0.39, 0.29) is 6.03 Å². The molecule has 0 saturated carbocycles. The summed E-state index contributed by atoms with van der Waals surface area (Å²) in [6.07, 6.45) is 1.03. The Hall–Kier alpha value is -1.46. The van der Waals surface area contributed by atoms with E-state index in [4.69, 9.17) is 0 Å². The van der Waals surface area contributed by atoms with Crippen LogP contribution in [0.15, 0.2) is 47.8 Å². The van der Waals surface area contributed by atoms with Gasteiger partial charge in [0.2, 0.25) is 0 Å². The predicted octanol–water partition coefficient (Wildman–Crippen LogP) is 4.14. The van der Waals surface area contributed by atoms with Crippen LogP contribution in [0, 0.1) is 0 Å². The Morgan fingerprint density at radius 3 is 2.82 bits per heavy atom. The maximum absolute atomic E-state index is 12.3. The highest BCUT2D eigenvalue weighted by Crippen LogP contribution is 2.36. The van der Waals surface area contributed by atoms with Gasteiger partial charge in [0.1, 0.15) is 0 Å². The number of amides is 2. The second kappa shape index (κ2) is 7.70. The van der Waals surface area contributed by atoms with Crippen molar-refractivity contribution in [3.8, 4) is 0 Å². The van der Waals surface area contributed by atoms with Crippen molar-refractivity contribution in [3.63, 3.8) is 0 Å². The number of rotatable bonds is 3. The van der Waals surface area contributed by atoms with E-state index in [1.165, 1.54) is 4.88 Å². The summed E-state index contributed by atoms with van der Waals surface area (Å²) < 4.78 is 0. The van der Waals surface area contributed by atoms with Gasteiger partial charge in [0.05, 0.1) is 0 Å². The van der Waals surface area contributed by atoms with Crippen molar-refractivity contribution in [2.75, 3.05) is 18.8 Å². The summed E-state index contributed by atoms with van der Waals surface area (Å²) in [6, 6.07) is 14.4. The molecule has 5 heteroatoms. The van der Waals surface area contributed by atoms with E-state index in [9.17, 15) is 4.79 Å². The van der Waals surface area contributed by atoms with Crippen molar-refractivity contribution in [2.45, 2.75) is 18.2 Å². The average molecular weight is 332 g/mol. The van der Waals surface area contributed by atoms with E-state index in [1.54, 1.807) is 0 Å². The number of nitrogens with zero attached hydrogens (tertiary/aromatic N) is 1. The van der Waals surface area contributed by atoms with Crippen molar-refractivity contribution in [1.82, 2.24) is 10.2 Å². The average Bonchev–Trinajstić information content (AvgIpc) is 2.98. The Morgan fingerprint density at radius 2 is 2.05 bits per heavy atom. The van der Waals surface area contributed by atoms with Crippen LogP contribution in [-0.2, 0) is 6.54 Å². The van der Waals surface area contributed by atoms with Crippen LogP contribution in [0.3, 0.4) is 0 Å². The van der Waals surface area contributed by atoms with E-state index in [0.717, 1.165) is 30.8 Å². The molecule has 0 radical (unpaired) electrons. The number of thiophene rings is 1. The highest BCUT2D eigenvalue weighted by atomic mass is 32.2. The van der Waals surface area contributed by atoms with Gasteiger partial charge in [-0.3, -0.25) is 0 Å². The van der Waals surface area contributed by atoms with Crippen molar-refractivity contribution in [2.24, 2.45) is 0 Å². The molecule has 1 saturated heterocycles. The second-order valence-corrected chi connectivity index (χ2v) is 7.58. The molecule has 0 bridgehead atoms. The maximum Gasteiger partial charge on any atom is 0.317 e. The molecule has 0 aliphatic carbocycles. The third-order valence-electron chi connectivity index (χ3n) is 3.78. The van der Waals surface area contributed by atoms with Crippen molar-refractivity contribution < 1.29 is 4.79 Å². The van der Waals surface area contributed by atoms with Crippen LogP contribution < -0.4 is 5.32 Å². The fraction of sp³-hybridized carbons (Fsp3) is 0.353. The number of benzene rings is 1. The summed E-state index contributed by atoms with van der Waals surface area (Å²) >= 11 is 3.78. The first-order valence-corrected chi connectivity index (χ1v) is 9.47. The molecule has 22 heavy (non-hydrogen) atoms. The molecular weight excluding hydrogens is 312 g/mol. The Balaban J connectivity index is 1.51. The van der Waals surface area contributed by atoms with E-state index < -0.39 is 0 Å². The maximum atomic E-state index is 12.3. The zero-order valence-electron chi connectivity index (χ0n) is 12.4. The smallest absolute Gasteiger partial charge is 0.317 e. The van der Waals surface area contributed by atoms with Gasteiger partial charge in [-0.15, -0.1) is 11.3 Å². The number of hydrogen-bond donors (Lipinski definition) is 1. The second-order valence-electron chi connectivity index (χ2n) is 5.29. The van der Waals surface area contributed by atoms with E-state index >= 15 is 0 Å². The lowest BCUT2D eigenvalue weighted by Gasteiger charge is -2.20. The Labute approximate surface area is 139 Å². The van der Waals surface area contributed by atoms with Crippen LogP contribution in [0.2, 0.25) is 0 Å². The van der Waals surface area contributed by atoms with Gasteiger partial charge in [0.15, 0.2) is 0 Å². The molecule has 1 aromatic carbocycles. The molecule has 0 spiro atoms. The first kappa shape index (κ1) is 15.4.